The van der Waals surface area contributed by atoms with Gasteiger partial charge in [-0.25, -0.2) is 15.0 Å². The molecule has 0 bridgehead atoms. The minimum Gasteiger partial charge on any atom is -0.392 e. The zero-order valence-electron chi connectivity index (χ0n) is 14.3. The largest absolute Gasteiger partial charge is 0.392 e. The van der Waals surface area contributed by atoms with E-state index in [1.165, 1.54) is 11.3 Å². The van der Waals surface area contributed by atoms with Gasteiger partial charge < -0.3 is 16.2 Å². The summed E-state index contributed by atoms with van der Waals surface area (Å²) in [5.41, 5.74) is 10.1. The van der Waals surface area contributed by atoms with Crippen molar-refractivity contribution in [3.8, 4) is 21.8 Å². The highest BCUT2D eigenvalue weighted by Gasteiger charge is 2.15. The third-order valence-corrected chi connectivity index (χ3v) is 4.85. The number of nitrogens with one attached hydrogen (secondary N) is 1. The van der Waals surface area contributed by atoms with E-state index < -0.39 is 0 Å². The van der Waals surface area contributed by atoms with Crippen LogP contribution < -0.4 is 11.1 Å². The Morgan fingerprint density at radius 3 is 2.67 bits per heavy atom. The first-order valence-electron chi connectivity index (χ1n) is 8.35. The number of benzene rings is 2. The van der Waals surface area contributed by atoms with Gasteiger partial charge in [0.1, 0.15) is 0 Å². The third kappa shape index (κ3) is 3.79. The molecule has 0 amide bonds. The van der Waals surface area contributed by atoms with Crippen LogP contribution in [0.4, 0.5) is 16.8 Å². The van der Waals surface area contributed by atoms with Crippen LogP contribution in [0, 0.1) is 0 Å². The Labute approximate surface area is 160 Å². The van der Waals surface area contributed by atoms with E-state index in [4.69, 9.17) is 5.73 Å². The molecule has 4 N–H and O–H groups in total. The summed E-state index contributed by atoms with van der Waals surface area (Å²) in [6.07, 6.45) is 1.70. The highest BCUT2D eigenvalue weighted by molar-refractivity contribution is 7.19. The van der Waals surface area contributed by atoms with E-state index in [2.05, 4.69) is 20.3 Å². The number of hydrogen-bond acceptors (Lipinski definition) is 7. The second-order valence-corrected chi connectivity index (χ2v) is 6.88. The standard InChI is InChI=1S/C20H17N5OS/c21-19-25-17(14-6-2-1-3-7-14)18(27-19)16-9-10-22-20(24-16)23-15-8-4-5-13(11-15)12-26/h1-11,26H,12H2,(H2,21,25)(H,22,23,24). The second-order valence-electron chi connectivity index (χ2n) is 5.84. The summed E-state index contributed by atoms with van der Waals surface area (Å²) < 4.78 is 0. The van der Waals surface area contributed by atoms with Gasteiger partial charge in [-0.05, 0) is 23.8 Å². The quantitative estimate of drug-likeness (QED) is 0.486. The minimum absolute atomic E-state index is 0.0169. The van der Waals surface area contributed by atoms with E-state index in [-0.39, 0.29) is 6.61 Å². The number of nitrogens with two attached hydrogens (primary N) is 1. The normalized spacial score (nSPS) is 10.7. The molecule has 0 aliphatic carbocycles. The summed E-state index contributed by atoms with van der Waals surface area (Å²) in [5, 5.41) is 13.0. The molecule has 4 aromatic rings. The molecule has 0 unspecified atom stereocenters. The molecule has 2 aromatic heterocycles. The molecule has 134 valence electrons. The second kappa shape index (κ2) is 7.53. The van der Waals surface area contributed by atoms with E-state index in [1.807, 2.05) is 60.7 Å². The highest BCUT2D eigenvalue weighted by Crippen LogP contribution is 2.37. The molecular weight excluding hydrogens is 358 g/mol. The van der Waals surface area contributed by atoms with Crippen molar-refractivity contribution in [1.29, 1.82) is 0 Å². The van der Waals surface area contributed by atoms with Crippen LogP contribution in [-0.4, -0.2) is 20.1 Å². The zero-order valence-corrected chi connectivity index (χ0v) is 15.1. The summed E-state index contributed by atoms with van der Waals surface area (Å²) in [4.78, 5) is 14.3. The maximum absolute atomic E-state index is 9.29. The van der Waals surface area contributed by atoms with Crippen molar-refractivity contribution in [3.05, 3.63) is 72.4 Å². The lowest BCUT2D eigenvalue weighted by Gasteiger charge is -2.08. The Morgan fingerprint density at radius 1 is 1.00 bits per heavy atom. The van der Waals surface area contributed by atoms with E-state index in [9.17, 15) is 5.11 Å². The molecule has 2 aromatic carbocycles. The maximum atomic E-state index is 9.29. The molecule has 0 radical (unpaired) electrons. The van der Waals surface area contributed by atoms with Crippen molar-refractivity contribution >= 4 is 28.1 Å². The predicted octanol–water partition coefficient (Wildman–Crippen LogP) is 4.09. The topological polar surface area (TPSA) is 97.0 Å². The van der Waals surface area contributed by atoms with Crippen molar-refractivity contribution in [1.82, 2.24) is 15.0 Å². The Bertz CT molecular complexity index is 1060. The number of anilines is 3. The lowest BCUT2D eigenvalue weighted by Crippen LogP contribution is -1.98. The number of aliphatic hydroxyl groups is 1. The average molecular weight is 375 g/mol. The maximum Gasteiger partial charge on any atom is 0.227 e. The monoisotopic (exact) mass is 375 g/mol. The molecule has 4 rings (SSSR count). The molecule has 6 nitrogen and oxygen atoms in total. The lowest BCUT2D eigenvalue weighted by molar-refractivity contribution is 0.282. The van der Waals surface area contributed by atoms with Crippen LogP contribution in [0.25, 0.3) is 21.8 Å². The van der Waals surface area contributed by atoms with Gasteiger partial charge in [0.2, 0.25) is 5.95 Å². The summed E-state index contributed by atoms with van der Waals surface area (Å²) >= 11 is 1.40. The van der Waals surface area contributed by atoms with Gasteiger partial charge in [0.05, 0.1) is 22.9 Å². The van der Waals surface area contributed by atoms with Gasteiger partial charge in [-0.2, -0.15) is 0 Å². The van der Waals surface area contributed by atoms with Crippen molar-refractivity contribution in [3.63, 3.8) is 0 Å². The number of aliphatic hydroxyl groups excluding tert-OH is 1. The number of thiazole rings is 1. The summed E-state index contributed by atoms with van der Waals surface area (Å²) in [6, 6.07) is 19.2. The minimum atomic E-state index is -0.0169. The van der Waals surface area contributed by atoms with Gasteiger partial charge in [-0.15, -0.1) is 0 Å². The van der Waals surface area contributed by atoms with E-state index >= 15 is 0 Å². The van der Waals surface area contributed by atoms with Crippen LogP contribution in [0.3, 0.4) is 0 Å². The Kier molecular flexibility index (Phi) is 4.78. The Hall–Kier alpha value is -3.29. The SMILES string of the molecule is Nc1nc(-c2ccccc2)c(-c2ccnc(Nc3cccc(CO)c3)n2)s1. The van der Waals surface area contributed by atoms with Crippen molar-refractivity contribution in [2.45, 2.75) is 6.61 Å². The molecule has 2 heterocycles. The van der Waals surface area contributed by atoms with Crippen molar-refractivity contribution in [2.24, 2.45) is 0 Å². The van der Waals surface area contributed by atoms with Crippen LogP contribution >= 0.6 is 11.3 Å². The van der Waals surface area contributed by atoms with E-state index in [1.54, 1.807) is 6.20 Å². The van der Waals surface area contributed by atoms with Crippen LogP contribution in [-0.2, 0) is 6.61 Å². The molecule has 0 saturated heterocycles. The van der Waals surface area contributed by atoms with Gasteiger partial charge in [0.25, 0.3) is 0 Å². The number of aromatic nitrogens is 3. The number of nitrogen functional groups attached to an aromatic ring is 1. The molecular formula is C20H17N5OS. The summed E-state index contributed by atoms with van der Waals surface area (Å²) in [6.45, 7) is -0.0169. The van der Waals surface area contributed by atoms with Gasteiger partial charge in [0.15, 0.2) is 5.13 Å². The molecule has 7 heteroatoms. The molecule has 0 aliphatic rings. The fourth-order valence-electron chi connectivity index (χ4n) is 2.72. The summed E-state index contributed by atoms with van der Waals surface area (Å²) in [5.74, 6) is 0.466. The highest BCUT2D eigenvalue weighted by atomic mass is 32.1. The summed E-state index contributed by atoms with van der Waals surface area (Å²) in [7, 11) is 0. The van der Waals surface area contributed by atoms with E-state index in [0.29, 0.717) is 11.1 Å². The van der Waals surface area contributed by atoms with Gasteiger partial charge in [-0.3, -0.25) is 0 Å². The molecule has 0 aliphatic heterocycles. The third-order valence-electron chi connectivity index (χ3n) is 3.94. The Morgan fingerprint density at radius 2 is 1.85 bits per heavy atom. The first kappa shape index (κ1) is 17.1. The fourth-order valence-corrected chi connectivity index (χ4v) is 3.55. The zero-order chi connectivity index (χ0) is 18.6. The Balaban J connectivity index is 1.69. The van der Waals surface area contributed by atoms with Crippen LogP contribution in [0.15, 0.2) is 66.9 Å². The molecule has 0 spiro atoms. The van der Waals surface area contributed by atoms with Crippen molar-refractivity contribution in [2.75, 3.05) is 11.1 Å². The van der Waals surface area contributed by atoms with E-state index in [0.717, 1.165) is 33.1 Å². The van der Waals surface area contributed by atoms with Crippen LogP contribution in [0.1, 0.15) is 5.56 Å². The first-order valence-corrected chi connectivity index (χ1v) is 9.16. The van der Waals surface area contributed by atoms with Crippen molar-refractivity contribution < 1.29 is 5.11 Å². The number of rotatable bonds is 5. The van der Waals surface area contributed by atoms with Crippen LogP contribution in [0.2, 0.25) is 0 Å². The molecule has 0 fully saturated rings. The van der Waals surface area contributed by atoms with Gasteiger partial charge in [0, 0.05) is 17.4 Å². The lowest BCUT2D eigenvalue weighted by atomic mass is 10.1. The van der Waals surface area contributed by atoms with Gasteiger partial charge >= 0.3 is 0 Å². The smallest absolute Gasteiger partial charge is 0.227 e. The first-order chi connectivity index (χ1) is 13.2. The average Bonchev–Trinajstić information content (AvgIpc) is 3.11. The fraction of sp³-hybridized carbons (Fsp3) is 0.0500. The molecule has 0 atom stereocenters. The van der Waals surface area contributed by atoms with Crippen LogP contribution in [0.5, 0.6) is 0 Å². The number of nitrogens with zero attached hydrogens (tertiary/aromatic N) is 3. The molecule has 27 heavy (non-hydrogen) atoms. The predicted molar refractivity (Wildman–Crippen MR) is 109 cm³/mol. The van der Waals surface area contributed by atoms with Gasteiger partial charge in [-0.1, -0.05) is 53.8 Å². The molecule has 0 saturated carbocycles. The number of hydrogen-bond donors (Lipinski definition) is 3.